The van der Waals surface area contributed by atoms with Gasteiger partial charge in [0.25, 0.3) is 0 Å². The Bertz CT molecular complexity index is 721. The molecule has 0 amide bonds. The van der Waals surface area contributed by atoms with E-state index in [1.54, 1.807) is 39.7 Å². The van der Waals surface area contributed by atoms with Gasteiger partial charge in [-0.05, 0) is 30.4 Å². The maximum absolute atomic E-state index is 5.34. The van der Waals surface area contributed by atoms with E-state index in [2.05, 4.69) is 15.8 Å². The third kappa shape index (κ3) is 4.60. The molecular formula is C17H19N3O3S. The summed E-state index contributed by atoms with van der Waals surface area (Å²) in [6, 6.07) is 13.1. The van der Waals surface area contributed by atoms with Crippen molar-refractivity contribution in [3.05, 3.63) is 48.0 Å². The minimum Gasteiger partial charge on any atom is -0.496 e. The smallest absolute Gasteiger partial charge is 0.191 e. The lowest BCUT2D eigenvalue weighted by atomic mass is 10.2. The van der Waals surface area contributed by atoms with Crippen LogP contribution in [0.25, 0.3) is 0 Å². The minimum absolute atomic E-state index is 0.386. The highest BCUT2D eigenvalue weighted by atomic mass is 32.1. The van der Waals surface area contributed by atoms with Crippen molar-refractivity contribution in [2.45, 2.75) is 0 Å². The number of ether oxygens (including phenoxy) is 3. The lowest BCUT2D eigenvalue weighted by Gasteiger charge is -2.12. The Morgan fingerprint density at radius 2 is 1.58 bits per heavy atom. The van der Waals surface area contributed by atoms with E-state index in [0.717, 1.165) is 11.3 Å². The van der Waals surface area contributed by atoms with Gasteiger partial charge in [-0.3, -0.25) is 5.43 Å². The van der Waals surface area contributed by atoms with Crippen molar-refractivity contribution in [1.82, 2.24) is 5.43 Å². The molecule has 6 nitrogen and oxygen atoms in total. The molecule has 0 aliphatic carbocycles. The Balaban J connectivity index is 2.06. The second kappa shape index (κ2) is 8.73. The summed E-state index contributed by atoms with van der Waals surface area (Å²) in [6.45, 7) is 0. The number of hydrogen-bond acceptors (Lipinski definition) is 5. The molecule has 126 valence electrons. The molecule has 0 spiro atoms. The summed E-state index contributed by atoms with van der Waals surface area (Å²) in [5.74, 6) is 1.78. The van der Waals surface area contributed by atoms with Gasteiger partial charge in [0, 0.05) is 17.3 Å². The van der Waals surface area contributed by atoms with Gasteiger partial charge in [-0.25, -0.2) is 0 Å². The van der Waals surface area contributed by atoms with Crippen molar-refractivity contribution in [3.8, 4) is 17.2 Å². The molecule has 0 aliphatic rings. The number of anilines is 1. The molecule has 0 atom stereocenters. The minimum atomic E-state index is 0.386. The van der Waals surface area contributed by atoms with Gasteiger partial charge in [0.05, 0.1) is 27.5 Å². The van der Waals surface area contributed by atoms with Crippen molar-refractivity contribution >= 4 is 29.2 Å². The van der Waals surface area contributed by atoms with Gasteiger partial charge >= 0.3 is 0 Å². The lowest BCUT2D eigenvalue weighted by Crippen LogP contribution is -2.23. The molecule has 0 unspecified atom stereocenters. The topological polar surface area (TPSA) is 64.1 Å². The zero-order chi connectivity index (χ0) is 17.4. The number of hydrazone groups is 1. The second-order valence-electron chi connectivity index (χ2n) is 4.64. The van der Waals surface area contributed by atoms with Crippen LogP contribution < -0.4 is 25.0 Å². The first-order valence-corrected chi connectivity index (χ1v) is 7.54. The second-order valence-corrected chi connectivity index (χ2v) is 5.05. The molecule has 0 aliphatic heterocycles. The van der Waals surface area contributed by atoms with E-state index >= 15 is 0 Å². The highest BCUT2D eigenvalue weighted by Crippen LogP contribution is 2.33. The van der Waals surface area contributed by atoms with Crippen LogP contribution in [-0.4, -0.2) is 32.7 Å². The first-order valence-electron chi connectivity index (χ1n) is 7.13. The normalized spacial score (nSPS) is 10.3. The fourth-order valence-corrected chi connectivity index (χ4v) is 2.17. The number of nitrogens with zero attached hydrogens (tertiary/aromatic N) is 1. The zero-order valence-electron chi connectivity index (χ0n) is 13.7. The van der Waals surface area contributed by atoms with Gasteiger partial charge < -0.3 is 19.5 Å². The fourth-order valence-electron chi connectivity index (χ4n) is 1.99. The number of thiocarbonyl (C=S) groups is 1. The van der Waals surface area contributed by atoms with Gasteiger partial charge in [-0.2, -0.15) is 5.10 Å². The van der Waals surface area contributed by atoms with Crippen LogP contribution in [-0.2, 0) is 0 Å². The predicted octanol–water partition coefficient (Wildman–Crippen LogP) is 3.03. The van der Waals surface area contributed by atoms with E-state index in [1.807, 2.05) is 30.3 Å². The standard InChI is InChI=1S/C17H19N3O3S/c1-21-14-10-16(23-3)15(22-2)9-12(14)11-18-20-17(24)19-13-7-5-4-6-8-13/h4-11H,1-3H3,(H2,19,20,24)/b18-11+. The van der Waals surface area contributed by atoms with E-state index in [-0.39, 0.29) is 0 Å². The van der Waals surface area contributed by atoms with Crippen LogP contribution >= 0.6 is 12.2 Å². The van der Waals surface area contributed by atoms with Crippen LogP contribution in [0.1, 0.15) is 5.56 Å². The highest BCUT2D eigenvalue weighted by molar-refractivity contribution is 7.80. The van der Waals surface area contributed by atoms with Gasteiger partial charge in [-0.1, -0.05) is 18.2 Å². The fraction of sp³-hybridized carbons (Fsp3) is 0.176. The summed E-state index contributed by atoms with van der Waals surface area (Å²) >= 11 is 5.19. The lowest BCUT2D eigenvalue weighted by molar-refractivity contribution is 0.349. The third-order valence-corrected chi connectivity index (χ3v) is 3.33. The number of nitrogens with one attached hydrogen (secondary N) is 2. The average Bonchev–Trinajstić information content (AvgIpc) is 2.62. The molecule has 0 radical (unpaired) electrons. The molecule has 7 heteroatoms. The molecular weight excluding hydrogens is 326 g/mol. The van der Waals surface area contributed by atoms with E-state index < -0.39 is 0 Å². The average molecular weight is 345 g/mol. The molecule has 0 aromatic heterocycles. The number of benzene rings is 2. The van der Waals surface area contributed by atoms with E-state index in [4.69, 9.17) is 26.4 Å². The quantitative estimate of drug-likeness (QED) is 0.477. The van der Waals surface area contributed by atoms with Crippen LogP contribution in [0.15, 0.2) is 47.6 Å². The largest absolute Gasteiger partial charge is 0.496 e. The summed E-state index contributed by atoms with van der Waals surface area (Å²) in [7, 11) is 4.72. The number of hydrogen-bond donors (Lipinski definition) is 2. The summed E-state index contributed by atoms with van der Waals surface area (Å²) < 4.78 is 15.9. The van der Waals surface area contributed by atoms with Gasteiger partial charge in [0.2, 0.25) is 0 Å². The highest BCUT2D eigenvalue weighted by Gasteiger charge is 2.10. The monoisotopic (exact) mass is 345 g/mol. The van der Waals surface area contributed by atoms with Crippen molar-refractivity contribution in [2.24, 2.45) is 5.10 Å². The molecule has 2 rings (SSSR count). The van der Waals surface area contributed by atoms with Crippen LogP contribution in [0, 0.1) is 0 Å². The molecule has 2 aromatic rings. The van der Waals surface area contributed by atoms with Crippen molar-refractivity contribution < 1.29 is 14.2 Å². The predicted molar refractivity (Wildman–Crippen MR) is 99.5 cm³/mol. The molecule has 2 N–H and O–H groups in total. The summed E-state index contributed by atoms with van der Waals surface area (Å²) in [6.07, 6.45) is 1.60. The maximum Gasteiger partial charge on any atom is 0.191 e. The number of methoxy groups -OCH3 is 3. The summed E-state index contributed by atoms with van der Waals surface area (Å²) in [4.78, 5) is 0. The Morgan fingerprint density at radius 1 is 0.958 bits per heavy atom. The Labute approximate surface area is 146 Å². The number of para-hydroxylation sites is 1. The van der Waals surface area contributed by atoms with E-state index in [0.29, 0.717) is 22.4 Å². The van der Waals surface area contributed by atoms with E-state index in [1.165, 1.54) is 0 Å². The zero-order valence-corrected chi connectivity index (χ0v) is 14.5. The van der Waals surface area contributed by atoms with Gasteiger partial charge in [-0.15, -0.1) is 0 Å². The molecule has 0 heterocycles. The van der Waals surface area contributed by atoms with Crippen LogP contribution in [0.5, 0.6) is 17.2 Å². The number of rotatable bonds is 6. The molecule has 0 fully saturated rings. The maximum atomic E-state index is 5.34. The molecule has 2 aromatic carbocycles. The summed E-state index contributed by atoms with van der Waals surface area (Å²) in [5.41, 5.74) is 4.37. The Morgan fingerprint density at radius 3 is 2.21 bits per heavy atom. The van der Waals surface area contributed by atoms with Gasteiger partial charge in [0.15, 0.2) is 16.6 Å². The van der Waals surface area contributed by atoms with Crippen LogP contribution in [0.4, 0.5) is 5.69 Å². The molecule has 0 bridgehead atoms. The van der Waals surface area contributed by atoms with Crippen molar-refractivity contribution in [3.63, 3.8) is 0 Å². The molecule has 24 heavy (non-hydrogen) atoms. The molecule has 0 saturated heterocycles. The van der Waals surface area contributed by atoms with Crippen molar-refractivity contribution in [2.75, 3.05) is 26.6 Å². The Kier molecular flexibility index (Phi) is 6.39. The first-order chi connectivity index (χ1) is 11.7. The van der Waals surface area contributed by atoms with Crippen LogP contribution in [0.3, 0.4) is 0 Å². The SMILES string of the molecule is COc1cc(OC)c(OC)cc1/C=N/NC(=S)Nc1ccccc1. The third-order valence-electron chi connectivity index (χ3n) is 3.14. The van der Waals surface area contributed by atoms with Crippen molar-refractivity contribution in [1.29, 1.82) is 0 Å². The van der Waals surface area contributed by atoms with E-state index in [9.17, 15) is 0 Å². The molecule has 0 saturated carbocycles. The first kappa shape index (κ1) is 17.6. The van der Waals surface area contributed by atoms with Gasteiger partial charge in [0.1, 0.15) is 5.75 Å². The Hall–Kier alpha value is -2.80. The summed E-state index contributed by atoms with van der Waals surface area (Å²) in [5, 5.41) is 7.54. The van der Waals surface area contributed by atoms with Crippen LogP contribution in [0.2, 0.25) is 0 Å².